The number of aryl methyl sites for hydroxylation is 1. The van der Waals surface area contributed by atoms with Crippen LogP contribution in [-0.4, -0.2) is 36.1 Å². The van der Waals surface area contributed by atoms with Crippen LogP contribution in [0.2, 0.25) is 0 Å². The van der Waals surface area contributed by atoms with E-state index in [0.717, 1.165) is 24.0 Å². The van der Waals surface area contributed by atoms with Gasteiger partial charge in [-0.15, -0.1) is 6.58 Å². The van der Waals surface area contributed by atoms with E-state index in [1.165, 1.54) is 0 Å². The van der Waals surface area contributed by atoms with Gasteiger partial charge in [0.1, 0.15) is 17.5 Å². The predicted octanol–water partition coefficient (Wildman–Crippen LogP) is 1.17. The molecular weight excluding hydrogens is 214 g/mol. The Bertz CT molecular complexity index is 375. The van der Waals surface area contributed by atoms with Gasteiger partial charge in [0.05, 0.1) is 0 Å². The Kier molecular flexibility index (Phi) is 4.90. The first kappa shape index (κ1) is 13.4. The van der Waals surface area contributed by atoms with E-state index in [4.69, 9.17) is 5.73 Å². The van der Waals surface area contributed by atoms with Gasteiger partial charge in [-0.05, 0) is 13.8 Å². The van der Waals surface area contributed by atoms with E-state index in [9.17, 15) is 0 Å². The minimum Gasteiger partial charge on any atom is -0.366 e. The Morgan fingerprint density at radius 1 is 1.59 bits per heavy atom. The summed E-state index contributed by atoms with van der Waals surface area (Å²) in [5.41, 5.74) is 5.77. The van der Waals surface area contributed by atoms with E-state index in [1.54, 1.807) is 6.08 Å². The first-order chi connectivity index (χ1) is 8.02. The van der Waals surface area contributed by atoms with Crippen LogP contribution in [0.3, 0.4) is 0 Å². The number of aromatic nitrogens is 2. The number of rotatable bonds is 6. The summed E-state index contributed by atoms with van der Waals surface area (Å²) in [6, 6.07) is 2.03. The molecule has 0 saturated carbocycles. The molecule has 5 heteroatoms. The molecule has 3 N–H and O–H groups in total. The van der Waals surface area contributed by atoms with Gasteiger partial charge in [-0.2, -0.15) is 0 Å². The zero-order valence-corrected chi connectivity index (χ0v) is 10.8. The maximum absolute atomic E-state index is 5.77. The lowest BCUT2D eigenvalue weighted by atomic mass is 10.3. The number of nitrogens with two attached hydrogens (primary N) is 1. The number of hydrogen-bond donors (Lipinski definition) is 2. The van der Waals surface area contributed by atoms with E-state index in [2.05, 4.69) is 21.9 Å². The normalized spacial score (nSPS) is 12.0. The van der Waals surface area contributed by atoms with E-state index in [-0.39, 0.29) is 6.04 Å². The van der Waals surface area contributed by atoms with E-state index < -0.39 is 0 Å². The maximum Gasteiger partial charge on any atom is 0.134 e. The summed E-state index contributed by atoms with van der Waals surface area (Å²) >= 11 is 0. The molecule has 1 rings (SSSR count). The van der Waals surface area contributed by atoms with Crippen molar-refractivity contribution in [2.45, 2.75) is 19.9 Å². The van der Waals surface area contributed by atoms with Gasteiger partial charge in [-0.1, -0.05) is 6.08 Å². The van der Waals surface area contributed by atoms with Crippen molar-refractivity contribution in [1.29, 1.82) is 0 Å². The lowest BCUT2D eigenvalue weighted by molar-refractivity contribution is 0.710. The smallest absolute Gasteiger partial charge is 0.134 e. The summed E-state index contributed by atoms with van der Waals surface area (Å²) in [5.74, 6) is 2.43. The molecule has 94 valence electrons. The zero-order chi connectivity index (χ0) is 12.8. The van der Waals surface area contributed by atoms with Crippen LogP contribution in [0.4, 0.5) is 11.6 Å². The third kappa shape index (κ3) is 4.40. The van der Waals surface area contributed by atoms with Crippen molar-refractivity contribution >= 4 is 11.6 Å². The molecule has 0 aliphatic rings. The standard InChI is InChI=1S/C12H21N5/c1-5-6-14-11-7-12(16-10(3)15-11)17(4)8-9(2)13/h5,7,9H,1,6,8,13H2,2-4H3,(H,14,15,16). The molecule has 0 amide bonds. The molecular formula is C12H21N5. The largest absolute Gasteiger partial charge is 0.366 e. The number of hydrogen-bond acceptors (Lipinski definition) is 5. The summed E-state index contributed by atoms with van der Waals surface area (Å²) < 4.78 is 0. The third-order valence-electron chi connectivity index (χ3n) is 2.20. The Labute approximate surface area is 103 Å². The number of anilines is 2. The van der Waals surface area contributed by atoms with Crippen LogP contribution >= 0.6 is 0 Å². The maximum atomic E-state index is 5.77. The molecule has 0 aliphatic heterocycles. The molecule has 0 fully saturated rings. The van der Waals surface area contributed by atoms with E-state index in [0.29, 0.717) is 6.54 Å². The van der Waals surface area contributed by atoms with Gasteiger partial charge in [0, 0.05) is 32.2 Å². The van der Waals surface area contributed by atoms with Crippen LogP contribution in [0.1, 0.15) is 12.7 Å². The topological polar surface area (TPSA) is 67.1 Å². The van der Waals surface area contributed by atoms with Crippen LogP contribution in [0.15, 0.2) is 18.7 Å². The minimum atomic E-state index is 0.111. The molecule has 1 aromatic heterocycles. The van der Waals surface area contributed by atoms with Crippen molar-refractivity contribution in [3.63, 3.8) is 0 Å². The molecule has 0 radical (unpaired) electrons. The van der Waals surface area contributed by atoms with Crippen LogP contribution in [0.5, 0.6) is 0 Å². The highest BCUT2D eigenvalue weighted by Gasteiger charge is 2.07. The molecule has 5 nitrogen and oxygen atoms in total. The number of nitrogens with one attached hydrogen (secondary N) is 1. The molecule has 0 spiro atoms. The van der Waals surface area contributed by atoms with Crippen molar-refractivity contribution in [2.75, 3.05) is 30.4 Å². The van der Waals surface area contributed by atoms with Gasteiger partial charge in [0.15, 0.2) is 0 Å². The Morgan fingerprint density at radius 2 is 2.29 bits per heavy atom. The minimum absolute atomic E-state index is 0.111. The second kappa shape index (κ2) is 6.20. The fraction of sp³-hybridized carbons (Fsp3) is 0.500. The lowest BCUT2D eigenvalue weighted by Gasteiger charge is -2.21. The van der Waals surface area contributed by atoms with Crippen molar-refractivity contribution in [1.82, 2.24) is 9.97 Å². The van der Waals surface area contributed by atoms with Gasteiger partial charge < -0.3 is 16.0 Å². The highest BCUT2D eigenvalue weighted by molar-refractivity contribution is 5.49. The molecule has 1 unspecified atom stereocenters. The molecule has 0 aliphatic carbocycles. The van der Waals surface area contributed by atoms with Crippen LogP contribution in [-0.2, 0) is 0 Å². The van der Waals surface area contributed by atoms with E-state index >= 15 is 0 Å². The lowest BCUT2D eigenvalue weighted by Crippen LogP contribution is -2.33. The average Bonchev–Trinajstić information content (AvgIpc) is 2.24. The molecule has 0 saturated heterocycles. The average molecular weight is 235 g/mol. The van der Waals surface area contributed by atoms with Gasteiger partial charge in [0.25, 0.3) is 0 Å². The highest BCUT2D eigenvalue weighted by Crippen LogP contribution is 2.14. The monoisotopic (exact) mass is 235 g/mol. The predicted molar refractivity (Wildman–Crippen MR) is 72.4 cm³/mol. The number of likely N-dealkylation sites (N-methyl/N-ethyl adjacent to an activating group) is 1. The van der Waals surface area contributed by atoms with Crippen LogP contribution in [0.25, 0.3) is 0 Å². The Balaban J connectivity index is 2.84. The van der Waals surface area contributed by atoms with Crippen molar-refractivity contribution in [3.05, 3.63) is 24.5 Å². The van der Waals surface area contributed by atoms with Crippen molar-refractivity contribution in [3.8, 4) is 0 Å². The molecule has 1 aromatic rings. The molecule has 1 atom stereocenters. The summed E-state index contributed by atoms with van der Waals surface area (Å²) in [6.45, 7) is 8.96. The summed E-state index contributed by atoms with van der Waals surface area (Å²) in [5, 5.41) is 3.16. The first-order valence-corrected chi connectivity index (χ1v) is 5.70. The van der Waals surface area contributed by atoms with Gasteiger partial charge in [-0.3, -0.25) is 0 Å². The Hall–Kier alpha value is -1.62. The summed E-state index contributed by atoms with van der Waals surface area (Å²) in [7, 11) is 1.97. The summed E-state index contributed by atoms with van der Waals surface area (Å²) in [4.78, 5) is 10.7. The number of nitrogens with zero attached hydrogens (tertiary/aromatic N) is 3. The molecule has 17 heavy (non-hydrogen) atoms. The van der Waals surface area contributed by atoms with Gasteiger partial charge in [0.2, 0.25) is 0 Å². The molecule has 0 aromatic carbocycles. The van der Waals surface area contributed by atoms with Gasteiger partial charge in [-0.25, -0.2) is 9.97 Å². The van der Waals surface area contributed by atoms with Gasteiger partial charge >= 0.3 is 0 Å². The van der Waals surface area contributed by atoms with Crippen molar-refractivity contribution in [2.24, 2.45) is 5.73 Å². The highest BCUT2D eigenvalue weighted by atomic mass is 15.2. The quantitative estimate of drug-likeness (QED) is 0.724. The first-order valence-electron chi connectivity index (χ1n) is 5.70. The van der Waals surface area contributed by atoms with Crippen LogP contribution in [0, 0.1) is 6.92 Å². The fourth-order valence-corrected chi connectivity index (χ4v) is 1.54. The van der Waals surface area contributed by atoms with Crippen molar-refractivity contribution < 1.29 is 0 Å². The van der Waals surface area contributed by atoms with E-state index in [1.807, 2.05) is 31.9 Å². The molecule has 0 bridgehead atoms. The SMILES string of the molecule is C=CCNc1cc(N(C)CC(C)N)nc(C)n1. The summed E-state index contributed by atoms with van der Waals surface area (Å²) in [6.07, 6.45) is 1.79. The Morgan fingerprint density at radius 3 is 2.88 bits per heavy atom. The fourth-order valence-electron chi connectivity index (χ4n) is 1.54. The van der Waals surface area contributed by atoms with Crippen LogP contribution < -0.4 is 16.0 Å². The molecule has 1 heterocycles. The third-order valence-corrected chi connectivity index (χ3v) is 2.20. The zero-order valence-electron chi connectivity index (χ0n) is 10.8. The second-order valence-electron chi connectivity index (χ2n) is 4.19. The second-order valence-corrected chi connectivity index (χ2v) is 4.19.